The standard InChI is InChI=1S/C55H37NO2/c1-55(2)45-22-10-9-18-44(45)53-46(55)23-13-24-47(53)56(48-25-12-21-43-40-28-26-36(32-50(40)58-54(43)48)34-14-5-3-6-15-34)37-27-29-39-42-20-11-19-41-38(35-16-7-4-8-17-35)30-31-49(52(41)42)57-51(39)33-37/h3-33H,1-2H3. The van der Waals surface area contributed by atoms with Crippen molar-refractivity contribution in [3.05, 3.63) is 199 Å². The molecule has 0 saturated heterocycles. The molecule has 1 aliphatic carbocycles. The van der Waals surface area contributed by atoms with Crippen molar-refractivity contribution >= 4 is 49.8 Å². The molecule has 10 aromatic rings. The van der Waals surface area contributed by atoms with Gasteiger partial charge in [0, 0.05) is 38.8 Å². The van der Waals surface area contributed by atoms with Crippen LogP contribution in [0.2, 0.25) is 0 Å². The van der Waals surface area contributed by atoms with Gasteiger partial charge in [-0.2, -0.15) is 0 Å². The van der Waals surface area contributed by atoms with Gasteiger partial charge in [-0.1, -0.05) is 153 Å². The summed E-state index contributed by atoms with van der Waals surface area (Å²) in [6.45, 7) is 4.67. The van der Waals surface area contributed by atoms with Crippen LogP contribution in [-0.4, -0.2) is 0 Å². The molecule has 0 bridgehead atoms. The molecule has 1 aliphatic heterocycles. The van der Waals surface area contributed by atoms with Crippen LogP contribution < -0.4 is 9.64 Å². The van der Waals surface area contributed by atoms with Crippen molar-refractivity contribution in [2.24, 2.45) is 0 Å². The normalized spacial score (nSPS) is 13.3. The van der Waals surface area contributed by atoms with Crippen LogP contribution in [0.3, 0.4) is 0 Å². The summed E-state index contributed by atoms with van der Waals surface area (Å²) in [7, 11) is 0. The van der Waals surface area contributed by atoms with Gasteiger partial charge in [-0.15, -0.1) is 0 Å². The summed E-state index contributed by atoms with van der Waals surface area (Å²) >= 11 is 0. The van der Waals surface area contributed by atoms with Crippen molar-refractivity contribution < 1.29 is 9.15 Å². The summed E-state index contributed by atoms with van der Waals surface area (Å²) in [6.07, 6.45) is 0. The fraction of sp³-hybridized carbons (Fsp3) is 0.0545. The lowest BCUT2D eigenvalue weighted by Crippen LogP contribution is -2.16. The third-order valence-electron chi connectivity index (χ3n) is 12.5. The molecule has 0 fully saturated rings. The lowest BCUT2D eigenvalue weighted by Gasteiger charge is -2.30. The number of anilines is 3. The molecule has 0 saturated carbocycles. The average molecular weight is 744 g/mol. The number of hydrogen-bond donors (Lipinski definition) is 0. The Labute approximate surface area is 337 Å². The number of furan rings is 1. The quantitative estimate of drug-likeness (QED) is 0.176. The van der Waals surface area contributed by atoms with E-state index < -0.39 is 0 Å². The van der Waals surface area contributed by atoms with E-state index in [4.69, 9.17) is 9.15 Å². The number of ether oxygens (including phenoxy) is 1. The van der Waals surface area contributed by atoms with Crippen LogP contribution in [0.25, 0.3) is 77.2 Å². The minimum Gasteiger partial charge on any atom is -0.456 e. The Morgan fingerprint density at radius 3 is 1.98 bits per heavy atom. The predicted octanol–water partition coefficient (Wildman–Crippen LogP) is 15.6. The molecule has 9 aromatic carbocycles. The maximum Gasteiger partial charge on any atom is 0.159 e. The third-order valence-corrected chi connectivity index (χ3v) is 12.5. The molecule has 1 aromatic heterocycles. The molecular weight excluding hydrogens is 707 g/mol. The second-order valence-electron chi connectivity index (χ2n) is 16.0. The van der Waals surface area contributed by atoms with Crippen LogP contribution in [0.15, 0.2) is 192 Å². The first-order chi connectivity index (χ1) is 28.5. The maximum atomic E-state index is 6.97. The van der Waals surface area contributed by atoms with Gasteiger partial charge in [0.2, 0.25) is 0 Å². The number of fused-ring (bicyclic) bond motifs is 8. The van der Waals surface area contributed by atoms with Gasteiger partial charge >= 0.3 is 0 Å². The Morgan fingerprint density at radius 2 is 1.12 bits per heavy atom. The fourth-order valence-electron chi connectivity index (χ4n) is 9.73. The maximum absolute atomic E-state index is 6.97. The summed E-state index contributed by atoms with van der Waals surface area (Å²) in [5.74, 6) is 1.69. The number of nitrogens with zero attached hydrogens (tertiary/aromatic N) is 1. The van der Waals surface area contributed by atoms with Crippen molar-refractivity contribution in [2.75, 3.05) is 4.90 Å². The highest BCUT2D eigenvalue weighted by Gasteiger charge is 2.38. The zero-order chi connectivity index (χ0) is 38.5. The van der Waals surface area contributed by atoms with Crippen LogP contribution in [0.5, 0.6) is 11.5 Å². The minimum atomic E-state index is -0.160. The van der Waals surface area contributed by atoms with Crippen LogP contribution >= 0.6 is 0 Å². The van der Waals surface area contributed by atoms with Crippen LogP contribution in [-0.2, 0) is 5.41 Å². The van der Waals surface area contributed by atoms with E-state index in [9.17, 15) is 0 Å². The molecule has 274 valence electrons. The van der Waals surface area contributed by atoms with E-state index in [0.717, 1.165) is 72.6 Å². The summed E-state index contributed by atoms with van der Waals surface area (Å²) in [5.41, 5.74) is 16.7. The van der Waals surface area contributed by atoms with Crippen LogP contribution in [0.1, 0.15) is 25.0 Å². The van der Waals surface area contributed by atoms with E-state index in [0.29, 0.717) is 0 Å². The Balaban J connectivity index is 1.09. The second kappa shape index (κ2) is 12.3. The first-order valence-corrected chi connectivity index (χ1v) is 20.0. The topological polar surface area (TPSA) is 25.6 Å². The average Bonchev–Trinajstić information content (AvgIpc) is 3.77. The van der Waals surface area contributed by atoms with Gasteiger partial charge in [0.05, 0.1) is 17.1 Å². The Morgan fingerprint density at radius 1 is 0.431 bits per heavy atom. The summed E-state index contributed by atoms with van der Waals surface area (Å²) in [6, 6.07) is 67.4. The molecule has 0 amide bonds. The molecule has 0 radical (unpaired) electrons. The van der Waals surface area contributed by atoms with E-state index in [2.05, 4.69) is 207 Å². The number of hydrogen-bond acceptors (Lipinski definition) is 3. The van der Waals surface area contributed by atoms with Crippen LogP contribution in [0.4, 0.5) is 17.1 Å². The zero-order valence-corrected chi connectivity index (χ0v) is 32.2. The Hall–Kier alpha value is -7.36. The number of benzene rings is 9. The van der Waals surface area contributed by atoms with Crippen molar-refractivity contribution in [1.29, 1.82) is 0 Å². The van der Waals surface area contributed by atoms with Crippen molar-refractivity contribution in [3.63, 3.8) is 0 Å². The largest absolute Gasteiger partial charge is 0.456 e. The molecule has 3 nitrogen and oxygen atoms in total. The smallest absolute Gasteiger partial charge is 0.159 e. The van der Waals surface area contributed by atoms with Gasteiger partial charge < -0.3 is 14.1 Å². The number of rotatable bonds is 5. The first kappa shape index (κ1) is 32.8. The summed E-state index contributed by atoms with van der Waals surface area (Å²) in [5, 5.41) is 4.50. The van der Waals surface area contributed by atoms with Gasteiger partial charge in [-0.05, 0) is 92.4 Å². The van der Waals surface area contributed by atoms with E-state index >= 15 is 0 Å². The van der Waals surface area contributed by atoms with Gasteiger partial charge in [-0.25, -0.2) is 0 Å². The summed E-state index contributed by atoms with van der Waals surface area (Å²) < 4.78 is 13.9. The highest BCUT2D eigenvalue weighted by molar-refractivity contribution is 6.13. The second-order valence-corrected chi connectivity index (χ2v) is 16.0. The number of para-hydroxylation sites is 1. The Kier molecular flexibility index (Phi) is 6.98. The van der Waals surface area contributed by atoms with Crippen molar-refractivity contribution in [2.45, 2.75) is 19.3 Å². The molecule has 0 atom stereocenters. The first-order valence-electron chi connectivity index (χ1n) is 20.0. The van der Waals surface area contributed by atoms with Gasteiger partial charge in [0.1, 0.15) is 17.1 Å². The SMILES string of the molecule is CC1(C)c2ccccc2-c2c(N(c3ccc4c(c3)Oc3ccc(-c5ccccc5)c5cccc-4c35)c3cccc4c3oc3cc(-c5ccccc5)ccc34)cccc21. The molecule has 58 heavy (non-hydrogen) atoms. The molecule has 2 heterocycles. The molecule has 0 unspecified atom stereocenters. The minimum absolute atomic E-state index is 0.160. The molecule has 3 heteroatoms. The van der Waals surface area contributed by atoms with E-state index in [1.165, 1.54) is 44.3 Å². The zero-order valence-electron chi connectivity index (χ0n) is 32.2. The molecular formula is C55H37NO2. The Bertz CT molecular complexity index is 3280. The molecule has 0 N–H and O–H groups in total. The monoisotopic (exact) mass is 743 g/mol. The van der Waals surface area contributed by atoms with Gasteiger partial charge in [-0.3, -0.25) is 0 Å². The highest BCUT2D eigenvalue weighted by Crippen LogP contribution is 2.56. The van der Waals surface area contributed by atoms with E-state index in [-0.39, 0.29) is 5.41 Å². The lowest BCUT2D eigenvalue weighted by atomic mass is 9.82. The molecule has 12 rings (SSSR count). The highest BCUT2D eigenvalue weighted by atomic mass is 16.5. The third kappa shape index (κ3) is 4.74. The summed E-state index contributed by atoms with van der Waals surface area (Å²) in [4.78, 5) is 2.39. The molecule has 0 spiro atoms. The van der Waals surface area contributed by atoms with Crippen molar-refractivity contribution in [3.8, 4) is 56.0 Å². The fourth-order valence-corrected chi connectivity index (χ4v) is 9.73. The van der Waals surface area contributed by atoms with Gasteiger partial charge in [0.25, 0.3) is 0 Å². The molecule has 2 aliphatic rings. The van der Waals surface area contributed by atoms with Gasteiger partial charge in [0.15, 0.2) is 5.58 Å². The predicted molar refractivity (Wildman–Crippen MR) is 240 cm³/mol. The van der Waals surface area contributed by atoms with Crippen molar-refractivity contribution in [1.82, 2.24) is 0 Å². The lowest BCUT2D eigenvalue weighted by molar-refractivity contribution is 0.487. The van der Waals surface area contributed by atoms with E-state index in [1.54, 1.807) is 0 Å². The van der Waals surface area contributed by atoms with E-state index in [1.807, 2.05) is 0 Å². The van der Waals surface area contributed by atoms with Crippen LogP contribution in [0, 0.1) is 0 Å².